The summed E-state index contributed by atoms with van der Waals surface area (Å²) in [5.41, 5.74) is 0. The number of rotatable bonds is 4. The molecule has 0 aliphatic carbocycles. The zero-order valence-electron chi connectivity index (χ0n) is 7.52. The lowest BCUT2D eigenvalue weighted by Gasteiger charge is -2.19. The lowest BCUT2D eigenvalue weighted by molar-refractivity contribution is -0.149. The van der Waals surface area contributed by atoms with Crippen molar-refractivity contribution in [3.05, 3.63) is 0 Å². The fourth-order valence-electron chi connectivity index (χ4n) is 0.782. The van der Waals surface area contributed by atoms with Crippen LogP contribution in [0.15, 0.2) is 0 Å². The molecule has 3 nitrogen and oxygen atoms in total. The molecule has 0 N–H and O–H groups in total. The lowest BCUT2D eigenvalue weighted by Crippen LogP contribution is -2.40. The van der Waals surface area contributed by atoms with Crippen molar-refractivity contribution in [3.63, 3.8) is 0 Å². The van der Waals surface area contributed by atoms with E-state index in [-0.39, 0.29) is 18.8 Å². The molecule has 0 heterocycles. The maximum absolute atomic E-state index is 11.2. The first-order valence-electron chi connectivity index (χ1n) is 3.86. The van der Waals surface area contributed by atoms with E-state index in [1.165, 1.54) is 6.92 Å². The molecule has 0 spiro atoms. The van der Waals surface area contributed by atoms with E-state index in [4.69, 9.17) is 11.6 Å². The van der Waals surface area contributed by atoms with Crippen LogP contribution in [0.25, 0.3) is 0 Å². The smallest absolute Gasteiger partial charge is 0.334 e. The SMILES string of the molecule is CCOC(=O)[C@](Cl)(CC)C(C)=O. The second-order valence-electron chi connectivity index (χ2n) is 2.43. The Labute approximate surface area is 77.0 Å². The van der Waals surface area contributed by atoms with Gasteiger partial charge in [0.05, 0.1) is 6.61 Å². The molecule has 0 aliphatic heterocycles. The van der Waals surface area contributed by atoms with Crippen LogP contribution in [0.1, 0.15) is 27.2 Å². The predicted octanol–water partition coefficient (Wildman–Crippen LogP) is 1.53. The van der Waals surface area contributed by atoms with Gasteiger partial charge in [0, 0.05) is 0 Å². The Morgan fingerprint density at radius 2 is 1.92 bits per heavy atom. The first-order chi connectivity index (χ1) is 5.49. The Bertz CT molecular complexity index is 191. The van der Waals surface area contributed by atoms with Gasteiger partial charge in [0.1, 0.15) is 0 Å². The van der Waals surface area contributed by atoms with Gasteiger partial charge in [-0.25, -0.2) is 4.79 Å². The third kappa shape index (κ3) is 2.21. The second-order valence-corrected chi connectivity index (χ2v) is 3.08. The van der Waals surface area contributed by atoms with Crippen molar-refractivity contribution in [2.45, 2.75) is 32.1 Å². The number of hydrogen-bond acceptors (Lipinski definition) is 3. The molecule has 0 aliphatic rings. The van der Waals surface area contributed by atoms with Gasteiger partial charge in [0.15, 0.2) is 10.7 Å². The highest BCUT2D eigenvalue weighted by atomic mass is 35.5. The van der Waals surface area contributed by atoms with E-state index in [2.05, 4.69) is 4.74 Å². The number of carbonyl (C=O) groups is 2. The first-order valence-corrected chi connectivity index (χ1v) is 4.24. The van der Waals surface area contributed by atoms with Crippen LogP contribution in [0.2, 0.25) is 0 Å². The highest BCUT2D eigenvalue weighted by molar-refractivity contribution is 6.45. The van der Waals surface area contributed by atoms with Crippen LogP contribution in [0.4, 0.5) is 0 Å². The molecule has 0 saturated heterocycles. The molecule has 0 unspecified atom stereocenters. The fourth-order valence-corrected chi connectivity index (χ4v) is 0.837. The number of carbonyl (C=O) groups excluding carboxylic acids is 2. The van der Waals surface area contributed by atoms with E-state index >= 15 is 0 Å². The van der Waals surface area contributed by atoms with Crippen molar-refractivity contribution in [2.75, 3.05) is 6.61 Å². The molecule has 1 atom stereocenters. The molecule has 0 rings (SSSR count). The zero-order chi connectivity index (χ0) is 9.78. The van der Waals surface area contributed by atoms with Crippen LogP contribution < -0.4 is 0 Å². The van der Waals surface area contributed by atoms with Crippen molar-refractivity contribution >= 4 is 23.4 Å². The molecule has 70 valence electrons. The second kappa shape index (κ2) is 4.45. The minimum Gasteiger partial charge on any atom is -0.464 e. The van der Waals surface area contributed by atoms with Crippen molar-refractivity contribution in [2.24, 2.45) is 0 Å². The van der Waals surface area contributed by atoms with E-state index < -0.39 is 10.8 Å². The summed E-state index contributed by atoms with van der Waals surface area (Å²) < 4.78 is 4.67. The van der Waals surface area contributed by atoms with Crippen molar-refractivity contribution < 1.29 is 14.3 Å². The predicted molar refractivity (Wildman–Crippen MR) is 46.2 cm³/mol. The number of Topliss-reactive ketones (excluding diaryl/α,β-unsaturated/α-hetero) is 1. The maximum Gasteiger partial charge on any atom is 0.334 e. The molecule has 0 saturated carbocycles. The molecular weight excluding hydrogens is 180 g/mol. The molecule has 0 aromatic rings. The van der Waals surface area contributed by atoms with Gasteiger partial charge in [0.25, 0.3) is 0 Å². The van der Waals surface area contributed by atoms with Crippen LogP contribution in [-0.4, -0.2) is 23.2 Å². The molecule has 0 aromatic carbocycles. The van der Waals surface area contributed by atoms with Crippen LogP contribution in [0.3, 0.4) is 0 Å². The summed E-state index contributed by atoms with van der Waals surface area (Å²) in [7, 11) is 0. The third-order valence-electron chi connectivity index (χ3n) is 1.64. The normalized spacial score (nSPS) is 15.0. The van der Waals surface area contributed by atoms with Crippen molar-refractivity contribution in [1.82, 2.24) is 0 Å². The van der Waals surface area contributed by atoms with Crippen LogP contribution in [0, 0.1) is 0 Å². The largest absolute Gasteiger partial charge is 0.464 e. The standard InChI is InChI=1S/C8H13ClO3/c1-4-8(9,6(3)10)7(11)12-5-2/h4-5H2,1-3H3/t8-/m0/s1. The summed E-state index contributed by atoms with van der Waals surface area (Å²) in [6, 6.07) is 0. The van der Waals surface area contributed by atoms with E-state index in [0.29, 0.717) is 0 Å². The number of alkyl halides is 1. The summed E-state index contributed by atoms with van der Waals surface area (Å²) in [6.45, 7) is 4.87. The number of esters is 1. The quantitative estimate of drug-likeness (QED) is 0.386. The topological polar surface area (TPSA) is 43.4 Å². The van der Waals surface area contributed by atoms with E-state index in [0.717, 1.165) is 0 Å². The van der Waals surface area contributed by atoms with Gasteiger partial charge in [0.2, 0.25) is 0 Å². The number of hydrogen-bond donors (Lipinski definition) is 0. The minimum atomic E-state index is -1.48. The van der Waals surface area contributed by atoms with Gasteiger partial charge in [-0.1, -0.05) is 18.5 Å². The first kappa shape index (κ1) is 11.4. The van der Waals surface area contributed by atoms with E-state index in [9.17, 15) is 9.59 Å². The summed E-state index contributed by atoms with van der Waals surface area (Å²) in [6.07, 6.45) is 0.253. The fraction of sp³-hybridized carbons (Fsp3) is 0.750. The van der Waals surface area contributed by atoms with Gasteiger partial charge >= 0.3 is 5.97 Å². The molecule has 4 heteroatoms. The molecule has 0 fully saturated rings. The number of ketones is 1. The summed E-state index contributed by atoms with van der Waals surface area (Å²) in [5, 5.41) is 0. The van der Waals surface area contributed by atoms with Gasteiger partial charge in [-0.3, -0.25) is 4.79 Å². The Morgan fingerprint density at radius 1 is 1.42 bits per heavy atom. The van der Waals surface area contributed by atoms with E-state index in [1.54, 1.807) is 13.8 Å². The highest BCUT2D eigenvalue weighted by Crippen LogP contribution is 2.22. The molecule has 0 radical (unpaired) electrons. The third-order valence-corrected chi connectivity index (χ3v) is 2.33. The molecule has 0 bridgehead atoms. The van der Waals surface area contributed by atoms with Crippen molar-refractivity contribution in [3.8, 4) is 0 Å². The Balaban J connectivity index is 4.52. The van der Waals surface area contributed by atoms with Crippen LogP contribution >= 0.6 is 11.6 Å². The molecule has 0 aromatic heterocycles. The molecule has 0 amide bonds. The Kier molecular flexibility index (Phi) is 4.24. The van der Waals surface area contributed by atoms with Crippen LogP contribution in [-0.2, 0) is 14.3 Å². The van der Waals surface area contributed by atoms with Gasteiger partial charge < -0.3 is 4.74 Å². The monoisotopic (exact) mass is 192 g/mol. The highest BCUT2D eigenvalue weighted by Gasteiger charge is 2.40. The summed E-state index contributed by atoms with van der Waals surface area (Å²) >= 11 is 5.76. The van der Waals surface area contributed by atoms with Gasteiger partial charge in [-0.2, -0.15) is 0 Å². The summed E-state index contributed by atoms with van der Waals surface area (Å²) in [4.78, 5) is 20.7. The molecule has 12 heavy (non-hydrogen) atoms. The van der Waals surface area contributed by atoms with E-state index in [1.807, 2.05) is 0 Å². The maximum atomic E-state index is 11.2. The average molecular weight is 193 g/mol. The average Bonchev–Trinajstić information content (AvgIpc) is 2.03. The number of halogens is 1. The van der Waals surface area contributed by atoms with Gasteiger partial charge in [-0.15, -0.1) is 0 Å². The van der Waals surface area contributed by atoms with Gasteiger partial charge in [-0.05, 0) is 20.3 Å². The van der Waals surface area contributed by atoms with Crippen molar-refractivity contribution in [1.29, 1.82) is 0 Å². The summed E-state index contributed by atoms with van der Waals surface area (Å²) in [5.74, 6) is -1.02. The lowest BCUT2D eigenvalue weighted by atomic mass is 10.0. The minimum absolute atomic E-state index is 0.237. The van der Waals surface area contributed by atoms with Crippen LogP contribution in [0.5, 0.6) is 0 Å². The Morgan fingerprint density at radius 3 is 2.17 bits per heavy atom. The zero-order valence-corrected chi connectivity index (χ0v) is 8.27. The Hall–Kier alpha value is -0.570. The molecular formula is C8H13ClO3. The number of ether oxygens (including phenoxy) is 1.